The van der Waals surface area contributed by atoms with Gasteiger partial charge in [-0.15, -0.1) is 0 Å². The Labute approximate surface area is 152 Å². The van der Waals surface area contributed by atoms with Crippen LogP contribution in [-0.2, 0) is 9.53 Å². The predicted molar refractivity (Wildman–Crippen MR) is 102 cm³/mol. The third kappa shape index (κ3) is 5.02. The monoisotopic (exact) mass is 344 g/mol. The molecule has 0 saturated carbocycles. The number of allylic oxidation sites excluding steroid dienone is 5. The lowest BCUT2D eigenvalue weighted by molar-refractivity contribution is -0.119. The maximum absolute atomic E-state index is 12.1. The highest BCUT2D eigenvalue weighted by molar-refractivity contribution is 6.01. The van der Waals surface area contributed by atoms with Crippen LogP contribution < -0.4 is 0 Å². The Hall–Kier alpha value is -1.45. The van der Waals surface area contributed by atoms with Crippen molar-refractivity contribution in [2.24, 2.45) is 5.92 Å². The highest BCUT2D eigenvalue weighted by atomic mass is 16.6. The van der Waals surface area contributed by atoms with E-state index in [0.29, 0.717) is 12.3 Å². The fraction of sp³-hybridized carbons (Fsp3) is 0.591. The second-order valence-electron chi connectivity index (χ2n) is 7.80. The van der Waals surface area contributed by atoms with Gasteiger partial charge >= 0.3 is 0 Å². The summed E-state index contributed by atoms with van der Waals surface area (Å²) >= 11 is 0. The maximum Gasteiger partial charge on any atom is 0.190 e. The van der Waals surface area contributed by atoms with Crippen molar-refractivity contribution in [2.45, 2.75) is 78.1 Å². The quantitative estimate of drug-likeness (QED) is 0.514. The molecule has 0 aromatic rings. The third-order valence-electron chi connectivity index (χ3n) is 5.33. The molecule has 4 atom stereocenters. The van der Waals surface area contributed by atoms with Crippen LogP contribution in [0.3, 0.4) is 0 Å². The fourth-order valence-electron chi connectivity index (χ4n) is 3.20. The lowest BCUT2D eigenvalue weighted by Crippen LogP contribution is -2.34. The van der Waals surface area contributed by atoms with Gasteiger partial charge in [0.25, 0.3) is 0 Å². The summed E-state index contributed by atoms with van der Waals surface area (Å²) in [5.41, 5.74) is 3.27. The standard InChI is InChI=1S/C22H32O3/c1-15(2)7-6-8-16(3)9-10-17(4)18(5)13-14-22-20(24)12-11-19(23)21(22)25-22/h7,9,11-13,17,19,21,23H,6,8,10,14H2,1-5H3/b16-9+,18-13+/t17?,19-,21-,22+/m1/s1. The predicted octanol–water partition coefficient (Wildman–Crippen LogP) is 4.68. The molecule has 3 nitrogen and oxygen atoms in total. The summed E-state index contributed by atoms with van der Waals surface area (Å²) in [6, 6.07) is 0. The van der Waals surface area contributed by atoms with Gasteiger partial charge in [0.05, 0.1) is 0 Å². The Balaban J connectivity index is 1.85. The van der Waals surface area contributed by atoms with E-state index in [2.05, 4.69) is 52.8 Å². The van der Waals surface area contributed by atoms with Crippen LogP contribution in [0.1, 0.15) is 60.3 Å². The molecule has 138 valence electrons. The van der Waals surface area contributed by atoms with Gasteiger partial charge in [0.2, 0.25) is 0 Å². The van der Waals surface area contributed by atoms with Crippen LogP contribution in [0.4, 0.5) is 0 Å². The Bertz CT molecular complexity index is 619. The van der Waals surface area contributed by atoms with Crippen LogP contribution >= 0.6 is 0 Å². The van der Waals surface area contributed by atoms with Crippen molar-refractivity contribution in [3.8, 4) is 0 Å². The van der Waals surface area contributed by atoms with Gasteiger partial charge in [-0.25, -0.2) is 0 Å². The molecule has 25 heavy (non-hydrogen) atoms. The van der Waals surface area contributed by atoms with E-state index in [9.17, 15) is 9.90 Å². The summed E-state index contributed by atoms with van der Waals surface area (Å²) in [4.78, 5) is 12.1. The lowest BCUT2D eigenvalue weighted by Gasteiger charge is -2.15. The van der Waals surface area contributed by atoms with Crippen molar-refractivity contribution in [1.29, 1.82) is 0 Å². The van der Waals surface area contributed by atoms with Gasteiger partial charge < -0.3 is 9.84 Å². The fourth-order valence-corrected chi connectivity index (χ4v) is 3.20. The van der Waals surface area contributed by atoms with E-state index in [4.69, 9.17) is 4.74 Å². The van der Waals surface area contributed by atoms with Crippen LogP contribution in [0.25, 0.3) is 0 Å². The van der Waals surface area contributed by atoms with E-state index in [1.54, 1.807) is 0 Å². The summed E-state index contributed by atoms with van der Waals surface area (Å²) < 4.78 is 5.56. The topological polar surface area (TPSA) is 49.8 Å². The molecule has 1 unspecified atom stereocenters. The number of carbonyl (C=O) groups is 1. The summed E-state index contributed by atoms with van der Waals surface area (Å²) in [6.45, 7) is 10.8. The molecule has 1 saturated heterocycles. The molecule has 3 heteroatoms. The molecule has 2 rings (SSSR count). The van der Waals surface area contributed by atoms with Gasteiger partial charge in [-0.1, -0.05) is 41.9 Å². The average molecular weight is 344 g/mol. The number of aliphatic hydroxyl groups excluding tert-OH is 1. The number of epoxide rings is 1. The molecule has 0 amide bonds. The summed E-state index contributed by atoms with van der Waals surface area (Å²) in [6.07, 6.45) is 12.5. The van der Waals surface area contributed by atoms with Crippen LogP contribution in [0.15, 0.2) is 47.1 Å². The van der Waals surface area contributed by atoms with Crippen molar-refractivity contribution in [2.75, 3.05) is 0 Å². The van der Waals surface area contributed by atoms with Gasteiger partial charge in [-0.3, -0.25) is 4.79 Å². The van der Waals surface area contributed by atoms with Crippen molar-refractivity contribution in [1.82, 2.24) is 0 Å². The van der Waals surface area contributed by atoms with Crippen molar-refractivity contribution < 1.29 is 14.6 Å². The molecule has 2 aliphatic rings. The molecule has 0 bridgehead atoms. The molecule has 1 N–H and O–H groups in total. The van der Waals surface area contributed by atoms with E-state index >= 15 is 0 Å². The third-order valence-corrected chi connectivity index (χ3v) is 5.33. The highest BCUT2D eigenvalue weighted by Gasteiger charge is 2.64. The molecular formula is C22H32O3. The number of ketones is 1. The molecule has 1 aliphatic heterocycles. The zero-order valence-electron chi connectivity index (χ0n) is 16.2. The molecule has 0 spiro atoms. The van der Waals surface area contributed by atoms with Crippen LogP contribution in [0.2, 0.25) is 0 Å². The Morgan fingerprint density at radius 2 is 2.00 bits per heavy atom. The zero-order valence-corrected chi connectivity index (χ0v) is 16.2. The number of fused-ring (bicyclic) bond motifs is 1. The highest BCUT2D eigenvalue weighted by Crippen LogP contribution is 2.46. The maximum atomic E-state index is 12.1. The number of hydrogen-bond donors (Lipinski definition) is 1. The first kappa shape index (κ1) is 19.9. The second kappa shape index (κ2) is 8.29. The number of hydrogen-bond acceptors (Lipinski definition) is 3. The minimum Gasteiger partial charge on any atom is -0.386 e. The molecule has 1 fully saturated rings. The van der Waals surface area contributed by atoms with Crippen molar-refractivity contribution >= 4 is 5.78 Å². The van der Waals surface area contributed by atoms with Gasteiger partial charge in [0.1, 0.15) is 12.2 Å². The second-order valence-corrected chi connectivity index (χ2v) is 7.80. The molecule has 0 aromatic heterocycles. The largest absolute Gasteiger partial charge is 0.386 e. The first-order chi connectivity index (χ1) is 11.8. The minimum absolute atomic E-state index is 0.0190. The number of rotatable bonds is 8. The molecular weight excluding hydrogens is 312 g/mol. The van der Waals surface area contributed by atoms with E-state index in [1.807, 2.05) is 0 Å². The van der Waals surface area contributed by atoms with Crippen molar-refractivity contribution in [3.05, 3.63) is 47.1 Å². The average Bonchev–Trinajstić information content (AvgIpc) is 3.31. The zero-order chi connectivity index (χ0) is 18.6. The summed E-state index contributed by atoms with van der Waals surface area (Å²) in [5.74, 6) is 0.417. The number of carbonyl (C=O) groups excluding carboxylic acids is 1. The van der Waals surface area contributed by atoms with Crippen molar-refractivity contribution in [3.63, 3.8) is 0 Å². The SMILES string of the molecule is CC(C)=CCC/C(C)=C/CC(C)/C(C)=C/C[C@@]12O[C@@H]1[C@H](O)C=CC2=O. The first-order valence-corrected chi connectivity index (χ1v) is 9.30. The smallest absolute Gasteiger partial charge is 0.190 e. The summed E-state index contributed by atoms with van der Waals surface area (Å²) in [5, 5.41) is 9.83. The molecule has 0 radical (unpaired) electrons. The molecule has 0 aromatic carbocycles. The number of aliphatic hydroxyl groups is 1. The van der Waals surface area contributed by atoms with Crippen LogP contribution in [0, 0.1) is 5.92 Å². The first-order valence-electron chi connectivity index (χ1n) is 9.30. The number of ether oxygens (including phenoxy) is 1. The normalized spacial score (nSPS) is 30.1. The van der Waals surface area contributed by atoms with Gasteiger partial charge in [-0.05, 0) is 65.0 Å². The van der Waals surface area contributed by atoms with E-state index < -0.39 is 11.7 Å². The van der Waals surface area contributed by atoms with Gasteiger partial charge in [0, 0.05) is 6.42 Å². The minimum atomic E-state index is -0.800. The molecule has 1 aliphatic carbocycles. The van der Waals surface area contributed by atoms with Gasteiger partial charge in [0.15, 0.2) is 11.4 Å². The van der Waals surface area contributed by atoms with E-state index in [1.165, 1.54) is 28.9 Å². The van der Waals surface area contributed by atoms with E-state index in [-0.39, 0.29) is 11.9 Å². The van der Waals surface area contributed by atoms with Crippen LogP contribution in [0.5, 0.6) is 0 Å². The van der Waals surface area contributed by atoms with E-state index in [0.717, 1.165) is 19.3 Å². The Kier molecular flexibility index (Phi) is 6.59. The summed E-state index contributed by atoms with van der Waals surface area (Å²) in [7, 11) is 0. The molecule has 1 heterocycles. The van der Waals surface area contributed by atoms with Crippen LogP contribution in [-0.4, -0.2) is 28.7 Å². The Morgan fingerprint density at radius 3 is 2.68 bits per heavy atom. The lowest BCUT2D eigenvalue weighted by atomic mass is 9.86. The van der Waals surface area contributed by atoms with Gasteiger partial charge in [-0.2, -0.15) is 0 Å². The Morgan fingerprint density at radius 1 is 1.28 bits per heavy atom.